The van der Waals surface area contributed by atoms with Gasteiger partial charge in [0.2, 0.25) is 0 Å². The summed E-state index contributed by atoms with van der Waals surface area (Å²) in [5, 5.41) is 0. The van der Waals surface area contributed by atoms with Crippen molar-refractivity contribution in [2.45, 2.75) is 393 Å². The molecule has 0 saturated carbocycles. The molecule has 478 valence electrons. The van der Waals surface area contributed by atoms with Crippen LogP contribution in [0.3, 0.4) is 0 Å². The van der Waals surface area contributed by atoms with Crippen molar-refractivity contribution in [1.82, 2.24) is 0 Å². The van der Waals surface area contributed by atoms with Crippen LogP contribution < -0.4 is 0 Å². The van der Waals surface area contributed by atoms with E-state index in [-0.39, 0.29) is 31.1 Å². The molecule has 0 aliphatic carbocycles. The Kier molecular flexibility index (Phi) is 68.1. The van der Waals surface area contributed by atoms with Gasteiger partial charge in [0.15, 0.2) is 6.10 Å². The number of unbranched alkanes of at least 4 members (excludes halogenated alkanes) is 46. The molecule has 0 heterocycles. The van der Waals surface area contributed by atoms with Gasteiger partial charge in [-0.3, -0.25) is 14.4 Å². The van der Waals surface area contributed by atoms with Crippen molar-refractivity contribution in [3.63, 3.8) is 0 Å². The lowest BCUT2D eigenvalue weighted by atomic mass is 10.0. The van der Waals surface area contributed by atoms with Crippen LogP contribution in [-0.2, 0) is 28.6 Å². The largest absolute Gasteiger partial charge is 0.462 e. The Morgan fingerprint density at radius 2 is 0.439 bits per heavy atom. The minimum Gasteiger partial charge on any atom is -0.462 e. The zero-order valence-corrected chi connectivity index (χ0v) is 55.0. The molecule has 1 unspecified atom stereocenters. The monoisotopic (exact) mass is 1150 g/mol. The maximum absolute atomic E-state index is 12.9. The van der Waals surface area contributed by atoms with Gasteiger partial charge in [-0.2, -0.15) is 0 Å². The highest BCUT2D eigenvalue weighted by molar-refractivity contribution is 5.71. The van der Waals surface area contributed by atoms with Crippen LogP contribution >= 0.6 is 0 Å². The first-order valence-electron chi connectivity index (χ1n) is 36.3. The van der Waals surface area contributed by atoms with E-state index in [1.165, 1.54) is 270 Å². The highest BCUT2D eigenvalue weighted by atomic mass is 16.6. The molecule has 0 saturated heterocycles. The standard InChI is InChI=1S/C76H138O6/c1-4-7-10-13-16-19-22-25-28-30-32-33-34-35-36-37-38-39-40-41-42-43-45-46-48-51-54-57-60-63-66-69-75(78)81-72-73(71-80-74(77)68-65-62-59-56-53-50-27-24-21-18-15-12-9-6-3)82-76(79)70-67-64-61-58-55-52-49-47-44-31-29-26-23-20-17-14-11-8-5-2/h17,20,22,25-26,29-30,32,34-35,73H,4-16,18-19,21,23-24,27-28,31,33,36-72H2,1-3H3/b20-17-,25-22-,29-26-,32-30-,35-34-. The zero-order chi connectivity index (χ0) is 59.2. The molecule has 0 aromatic rings. The number of ether oxygens (including phenoxy) is 3. The SMILES string of the molecule is CCCCC/C=C\C/C=C\CCCCCCCCCCCC(=O)OC(COC(=O)CCCCCCCCCCCCCCCC)COC(=O)CCCCCCCCCCCCCCCCCC/C=C\C/C=C\C/C=C\CCCCCCC. The van der Waals surface area contributed by atoms with Gasteiger partial charge in [0.1, 0.15) is 13.2 Å². The molecule has 0 bridgehead atoms. The summed E-state index contributed by atoms with van der Waals surface area (Å²) in [5.41, 5.74) is 0. The second kappa shape index (κ2) is 70.6. The van der Waals surface area contributed by atoms with Gasteiger partial charge in [0.25, 0.3) is 0 Å². The van der Waals surface area contributed by atoms with E-state index in [9.17, 15) is 14.4 Å². The van der Waals surface area contributed by atoms with Gasteiger partial charge in [-0.05, 0) is 89.9 Å². The topological polar surface area (TPSA) is 78.9 Å². The lowest BCUT2D eigenvalue weighted by molar-refractivity contribution is -0.167. The molecule has 0 rings (SSSR count). The molecule has 6 nitrogen and oxygen atoms in total. The lowest BCUT2D eigenvalue weighted by Gasteiger charge is -2.18. The molecule has 0 aliphatic rings. The number of esters is 3. The van der Waals surface area contributed by atoms with Crippen LogP contribution in [0.15, 0.2) is 60.8 Å². The van der Waals surface area contributed by atoms with E-state index in [4.69, 9.17) is 14.2 Å². The summed E-state index contributed by atoms with van der Waals surface area (Å²) in [4.78, 5) is 38.4. The summed E-state index contributed by atoms with van der Waals surface area (Å²) in [7, 11) is 0. The highest BCUT2D eigenvalue weighted by Gasteiger charge is 2.19. The van der Waals surface area contributed by atoms with Crippen LogP contribution in [0.1, 0.15) is 387 Å². The molecule has 82 heavy (non-hydrogen) atoms. The molecule has 1 atom stereocenters. The quantitative estimate of drug-likeness (QED) is 0.0261. The number of carbonyl (C=O) groups excluding carboxylic acids is 3. The first kappa shape index (κ1) is 79.1. The normalized spacial score (nSPS) is 12.4. The van der Waals surface area contributed by atoms with Gasteiger partial charge < -0.3 is 14.2 Å². The van der Waals surface area contributed by atoms with Crippen molar-refractivity contribution >= 4 is 17.9 Å². The number of rotatable bonds is 67. The van der Waals surface area contributed by atoms with E-state index in [1.807, 2.05) is 0 Å². The fraction of sp³-hybridized carbons (Fsp3) is 0.829. The molecule has 0 aliphatic heterocycles. The highest BCUT2D eigenvalue weighted by Crippen LogP contribution is 2.18. The van der Waals surface area contributed by atoms with Gasteiger partial charge in [-0.25, -0.2) is 0 Å². The molecule has 0 fully saturated rings. The molecular weight excluding hydrogens is 1010 g/mol. The van der Waals surface area contributed by atoms with Crippen molar-refractivity contribution < 1.29 is 28.6 Å². The molecule has 0 N–H and O–H groups in total. The van der Waals surface area contributed by atoms with E-state index in [1.54, 1.807) is 0 Å². The Labute approximate surface area is 510 Å². The van der Waals surface area contributed by atoms with Crippen LogP contribution in [0, 0.1) is 0 Å². The summed E-state index contributed by atoms with van der Waals surface area (Å²) in [6, 6.07) is 0. The van der Waals surface area contributed by atoms with Gasteiger partial charge in [-0.15, -0.1) is 0 Å². The van der Waals surface area contributed by atoms with Gasteiger partial charge in [0, 0.05) is 19.3 Å². The average Bonchev–Trinajstić information content (AvgIpc) is 3.47. The fourth-order valence-corrected chi connectivity index (χ4v) is 10.8. The second-order valence-electron chi connectivity index (χ2n) is 24.5. The number of hydrogen-bond donors (Lipinski definition) is 0. The Bertz CT molecular complexity index is 1460. The Morgan fingerprint density at radius 3 is 0.707 bits per heavy atom. The number of allylic oxidation sites excluding steroid dienone is 10. The van der Waals surface area contributed by atoms with Crippen LogP contribution in [0.4, 0.5) is 0 Å². The maximum Gasteiger partial charge on any atom is 0.306 e. The van der Waals surface area contributed by atoms with Crippen LogP contribution in [0.5, 0.6) is 0 Å². The molecule has 0 spiro atoms. The molecule has 0 amide bonds. The van der Waals surface area contributed by atoms with E-state index in [2.05, 4.69) is 81.5 Å². The summed E-state index contributed by atoms with van der Waals surface area (Å²) in [6.07, 6.45) is 91.1. The number of hydrogen-bond acceptors (Lipinski definition) is 6. The van der Waals surface area contributed by atoms with Gasteiger partial charge >= 0.3 is 17.9 Å². The Morgan fingerprint density at radius 1 is 0.244 bits per heavy atom. The van der Waals surface area contributed by atoms with Gasteiger partial charge in [0.05, 0.1) is 0 Å². The Hall–Kier alpha value is -2.89. The van der Waals surface area contributed by atoms with Crippen molar-refractivity contribution in [2.75, 3.05) is 13.2 Å². The third kappa shape index (κ3) is 67.9. The van der Waals surface area contributed by atoms with Crippen LogP contribution in [0.25, 0.3) is 0 Å². The Balaban J connectivity index is 4.20. The van der Waals surface area contributed by atoms with Crippen molar-refractivity contribution in [3.05, 3.63) is 60.8 Å². The lowest BCUT2D eigenvalue weighted by Crippen LogP contribution is -2.30. The summed E-state index contributed by atoms with van der Waals surface area (Å²) < 4.78 is 17.0. The third-order valence-corrected chi connectivity index (χ3v) is 16.2. The predicted molar refractivity (Wildman–Crippen MR) is 358 cm³/mol. The molecular formula is C76H138O6. The molecule has 0 radical (unpaired) electrons. The van der Waals surface area contributed by atoms with Crippen LogP contribution in [0.2, 0.25) is 0 Å². The summed E-state index contributed by atoms with van der Waals surface area (Å²) >= 11 is 0. The average molecular weight is 1150 g/mol. The molecule has 0 aromatic heterocycles. The second-order valence-corrected chi connectivity index (χ2v) is 24.5. The maximum atomic E-state index is 12.9. The third-order valence-electron chi connectivity index (χ3n) is 16.2. The minimum absolute atomic E-state index is 0.0706. The van der Waals surface area contributed by atoms with Crippen molar-refractivity contribution in [2.24, 2.45) is 0 Å². The van der Waals surface area contributed by atoms with Crippen LogP contribution in [-0.4, -0.2) is 37.2 Å². The van der Waals surface area contributed by atoms with Gasteiger partial charge in [-0.1, -0.05) is 338 Å². The zero-order valence-electron chi connectivity index (χ0n) is 55.0. The first-order chi connectivity index (χ1) is 40.5. The van der Waals surface area contributed by atoms with E-state index in [0.717, 1.165) is 77.0 Å². The first-order valence-corrected chi connectivity index (χ1v) is 36.3. The minimum atomic E-state index is -0.775. The summed E-state index contributed by atoms with van der Waals surface area (Å²) in [6.45, 7) is 6.66. The van der Waals surface area contributed by atoms with E-state index >= 15 is 0 Å². The predicted octanol–water partition coefficient (Wildman–Crippen LogP) is 25.1. The smallest absolute Gasteiger partial charge is 0.306 e. The number of carbonyl (C=O) groups is 3. The van der Waals surface area contributed by atoms with Crippen molar-refractivity contribution in [1.29, 1.82) is 0 Å². The molecule has 0 aromatic carbocycles. The van der Waals surface area contributed by atoms with E-state index < -0.39 is 6.10 Å². The fourth-order valence-electron chi connectivity index (χ4n) is 10.8. The van der Waals surface area contributed by atoms with E-state index in [0.29, 0.717) is 19.3 Å². The van der Waals surface area contributed by atoms with Crippen molar-refractivity contribution in [3.8, 4) is 0 Å². The molecule has 6 heteroatoms. The summed E-state index contributed by atoms with van der Waals surface area (Å²) in [5.74, 6) is -0.849.